The van der Waals surface area contributed by atoms with Crippen molar-refractivity contribution in [3.05, 3.63) is 24.0 Å². The molecule has 21 heavy (non-hydrogen) atoms. The predicted molar refractivity (Wildman–Crippen MR) is 78.4 cm³/mol. The van der Waals surface area contributed by atoms with Gasteiger partial charge in [0.1, 0.15) is 11.4 Å². The highest BCUT2D eigenvalue weighted by Crippen LogP contribution is 2.19. The molecular formula is C14H19N5O2. The highest BCUT2D eigenvalue weighted by molar-refractivity contribution is 5.99. The molecular weight excluding hydrogens is 270 g/mol. The Kier molecular flexibility index (Phi) is 3.74. The molecule has 0 bridgehead atoms. The second-order valence-electron chi connectivity index (χ2n) is 5.37. The van der Waals surface area contributed by atoms with Gasteiger partial charge in [-0.2, -0.15) is 5.10 Å². The molecule has 0 radical (unpaired) electrons. The Balaban J connectivity index is 1.88. The van der Waals surface area contributed by atoms with Crippen LogP contribution in [0.15, 0.2) is 18.5 Å². The molecule has 1 aliphatic rings. The topological polar surface area (TPSA) is 82.8 Å². The van der Waals surface area contributed by atoms with Crippen molar-refractivity contribution in [3.8, 4) is 0 Å². The minimum Gasteiger partial charge on any atom is -0.392 e. The summed E-state index contributed by atoms with van der Waals surface area (Å²) in [6, 6.07) is 1.92. The Labute approximate surface area is 122 Å². The number of carbonyl (C=O) groups is 1. The van der Waals surface area contributed by atoms with Crippen molar-refractivity contribution < 1.29 is 9.90 Å². The summed E-state index contributed by atoms with van der Waals surface area (Å²) in [4.78, 5) is 18.9. The molecule has 7 heteroatoms. The van der Waals surface area contributed by atoms with Gasteiger partial charge < -0.3 is 15.3 Å². The van der Waals surface area contributed by atoms with Crippen LogP contribution < -0.4 is 10.2 Å². The lowest BCUT2D eigenvalue weighted by Crippen LogP contribution is -2.30. The first-order valence-corrected chi connectivity index (χ1v) is 7.21. The van der Waals surface area contributed by atoms with E-state index in [1.165, 1.54) is 19.0 Å². The van der Waals surface area contributed by atoms with Crippen LogP contribution in [0.3, 0.4) is 0 Å². The van der Waals surface area contributed by atoms with Crippen LogP contribution >= 0.6 is 0 Å². The van der Waals surface area contributed by atoms with E-state index in [0.717, 1.165) is 18.9 Å². The van der Waals surface area contributed by atoms with Gasteiger partial charge in [0, 0.05) is 25.8 Å². The van der Waals surface area contributed by atoms with Crippen LogP contribution in [0, 0.1) is 0 Å². The van der Waals surface area contributed by atoms with Gasteiger partial charge in [0.25, 0.3) is 5.91 Å². The molecule has 3 heterocycles. The Morgan fingerprint density at radius 3 is 2.95 bits per heavy atom. The number of anilines is 1. The smallest absolute Gasteiger partial charge is 0.256 e. The fourth-order valence-electron chi connectivity index (χ4n) is 2.48. The van der Waals surface area contributed by atoms with Crippen molar-refractivity contribution in [1.82, 2.24) is 19.9 Å². The second kappa shape index (κ2) is 5.69. The first-order chi connectivity index (χ1) is 10.1. The van der Waals surface area contributed by atoms with Crippen LogP contribution in [0.5, 0.6) is 0 Å². The first kappa shape index (κ1) is 13.8. The Hall–Kier alpha value is -2.15. The summed E-state index contributed by atoms with van der Waals surface area (Å²) >= 11 is 0. The van der Waals surface area contributed by atoms with E-state index in [9.17, 15) is 9.90 Å². The van der Waals surface area contributed by atoms with E-state index in [0.29, 0.717) is 11.2 Å². The first-order valence-electron chi connectivity index (χ1n) is 7.21. The minimum atomic E-state index is -0.580. The van der Waals surface area contributed by atoms with Gasteiger partial charge in [-0.3, -0.25) is 4.79 Å². The molecule has 0 saturated carbocycles. The number of hydrogen-bond acceptors (Lipinski definition) is 5. The van der Waals surface area contributed by atoms with Crippen LogP contribution in [-0.4, -0.2) is 51.4 Å². The minimum absolute atomic E-state index is 0.210. The van der Waals surface area contributed by atoms with E-state index in [4.69, 9.17) is 0 Å². The lowest BCUT2D eigenvalue weighted by molar-refractivity contribution is 0.0925. The van der Waals surface area contributed by atoms with Crippen molar-refractivity contribution in [1.29, 1.82) is 0 Å². The maximum atomic E-state index is 12.1. The molecule has 0 aliphatic carbocycles. The SMILES string of the molecule is CC(O)CNC(=O)c1cnn2ccc(N3CCCC3)nc12. The van der Waals surface area contributed by atoms with E-state index in [1.807, 2.05) is 12.3 Å². The zero-order valence-corrected chi connectivity index (χ0v) is 12.0. The molecule has 2 aromatic heterocycles. The third-order valence-corrected chi connectivity index (χ3v) is 3.59. The van der Waals surface area contributed by atoms with E-state index >= 15 is 0 Å². The normalized spacial score (nSPS) is 16.4. The van der Waals surface area contributed by atoms with Gasteiger partial charge in [-0.25, -0.2) is 9.50 Å². The summed E-state index contributed by atoms with van der Waals surface area (Å²) in [5, 5.41) is 16.1. The molecule has 1 aliphatic heterocycles. The summed E-state index contributed by atoms with van der Waals surface area (Å²) in [6.45, 7) is 3.84. The van der Waals surface area contributed by atoms with E-state index < -0.39 is 6.10 Å². The average Bonchev–Trinajstić information content (AvgIpc) is 3.13. The number of rotatable bonds is 4. The summed E-state index contributed by atoms with van der Waals surface area (Å²) in [7, 11) is 0. The molecule has 0 aromatic carbocycles. The number of nitrogens with one attached hydrogen (secondary N) is 1. The molecule has 1 amide bonds. The number of amides is 1. The summed E-state index contributed by atoms with van der Waals surface area (Å²) in [5.41, 5.74) is 0.971. The Morgan fingerprint density at radius 1 is 1.48 bits per heavy atom. The van der Waals surface area contributed by atoms with Crippen molar-refractivity contribution >= 4 is 17.4 Å². The maximum absolute atomic E-state index is 12.1. The van der Waals surface area contributed by atoms with E-state index in [-0.39, 0.29) is 12.5 Å². The lowest BCUT2D eigenvalue weighted by Gasteiger charge is -2.16. The second-order valence-corrected chi connectivity index (χ2v) is 5.37. The highest BCUT2D eigenvalue weighted by atomic mass is 16.3. The van der Waals surface area contributed by atoms with Crippen molar-refractivity contribution in [2.45, 2.75) is 25.9 Å². The molecule has 1 atom stereocenters. The van der Waals surface area contributed by atoms with E-state index in [2.05, 4.69) is 20.3 Å². The van der Waals surface area contributed by atoms with Gasteiger partial charge in [0.2, 0.25) is 0 Å². The van der Waals surface area contributed by atoms with Gasteiger partial charge >= 0.3 is 0 Å². The number of hydrogen-bond donors (Lipinski definition) is 2. The number of aliphatic hydroxyl groups is 1. The number of carbonyl (C=O) groups excluding carboxylic acids is 1. The number of fused-ring (bicyclic) bond motifs is 1. The average molecular weight is 289 g/mol. The fourth-order valence-corrected chi connectivity index (χ4v) is 2.48. The largest absolute Gasteiger partial charge is 0.392 e. The molecule has 7 nitrogen and oxygen atoms in total. The van der Waals surface area contributed by atoms with E-state index in [1.54, 1.807) is 11.4 Å². The number of aromatic nitrogens is 3. The zero-order valence-electron chi connectivity index (χ0n) is 12.0. The maximum Gasteiger partial charge on any atom is 0.256 e. The molecule has 3 rings (SSSR count). The monoisotopic (exact) mass is 289 g/mol. The quantitative estimate of drug-likeness (QED) is 0.853. The lowest BCUT2D eigenvalue weighted by atomic mass is 10.3. The predicted octanol–water partition coefficient (Wildman–Crippen LogP) is 0.440. The molecule has 1 fully saturated rings. The number of aliphatic hydroxyl groups excluding tert-OH is 1. The summed E-state index contributed by atoms with van der Waals surface area (Å²) < 4.78 is 1.59. The molecule has 2 aromatic rings. The molecule has 1 unspecified atom stereocenters. The summed E-state index contributed by atoms with van der Waals surface area (Å²) in [6.07, 6.45) is 5.10. The van der Waals surface area contributed by atoms with Gasteiger partial charge in [0.05, 0.1) is 12.3 Å². The summed E-state index contributed by atoms with van der Waals surface area (Å²) in [5.74, 6) is 0.613. The highest BCUT2D eigenvalue weighted by Gasteiger charge is 2.18. The standard InChI is InChI=1S/C14H19N5O2/c1-10(20)8-15-14(21)11-9-16-19-7-4-12(17-13(11)19)18-5-2-3-6-18/h4,7,9-10,20H,2-3,5-6,8H2,1H3,(H,15,21). The van der Waals surface area contributed by atoms with Crippen molar-refractivity contribution in [2.24, 2.45) is 0 Å². The zero-order chi connectivity index (χ0) is 14.8. The Bertz CT molecular complexity index is 646. The third kappa shape index (κ3) is 2.82. The molecule has 0 spiro atoms. The number of nitrogens with zero attached hydrogens (tertiary/aromatic N) is 4. The van der Waals surface area contributed by atoms with Crippen molar-refractivity contribution in [3.63, 3.8) is 0 Å². The van der Waals surface area contributed by atoms with Gasteiger partial charge in [-0.05, 0) is 25.8 Å². The van der Waals surface area contributed by atoms with Crippen LogP contribution in [0.1, 0.15) is 30.1 Å². The Morgan fingerprint density at radius 2 is 2.24 bits per heavy atom. The third-order valence-electron chi connectivity index (χ3n) is 3.59. The van der Waals surface area contributed by atoms with Crippen molar-refractivity contribution in [2.75, 3.05) is 24.5 Å². The molecule has 112 valence electrons. The fraction of sp³-hybridized carbons (Fsp3) is 0.500. The van der Waals surface area contributed by atoms with Crippen LogP contribution in [0.25, 0.3) is 5.65 Å². The molecule has 1 saturated heterocycles. The van der Waals surface area contributed by atoms with Gasteiger partial charge in [-0.15, -0.1) is 0 Å². The molecule has 2 N–H and O–H groups in total. The van der Waals surface area contributed by atoms with Crippen LogP contribution in [0.4, 0.5) is 5.82 Å². The van der Waals surface area contributed by atoms with Crippen LogP contribution in [0.2, 0.25) is 0 Å². The van der Waals surface area contributed by atoms with Gasteiger partial charge in [0.15, 0.2) is 5.65 Å². The van der Waals surface area contributed by atoms with Crippen LogP contribution in [-0.2, 0) is 0 Å². The van der Waals surface area contributed by atoms with Gasteiger partial charge in [-0.1, -0.05) is 0 Å².